The number of hydrogen-bond acceptors (Lipinski definition) is 4. The molecule has 0 spiro atoms. The average molecular weight is 288 g/mol. The number of aliphatic carboxylic acids is 1. The Morgan fingerprint density at radius 1 is 1.45 bits per heavy atom. The summed E-state index contributed by atoms with van der Waals surface area (Å²) in [7, 11) is 0. The minimum atomic E-state index is -0.819. The van der Waals surface area contributed by atoms with Gasteiger partial charge in [-0.1, -0.05) is 30.3 Å². The number of nitrogens with one attached hydrogen (secondary N) is 1. The first-order valence-electron chi connectivity index (χ1n) is 6.35. The van der Waals surface area contributed by atoms with E-state index in [1.54, 1.807) is 11.3 Å². The highest BCUT2D eigenvalue weighted by atomic mass is 32.1. The summed E-state index contributed by atoms with van der Waals surface area (Å²) in [4.78, 5) is 15.1. The molecule has 2 rings (SSSR count). The molecule has 0 radical (unpaired) electrons. The van der Waals surface area contributed by atoms with Crippen LogP contribution >= 0.6 is 11.3 Å². The predicted octanol–water partition coefficient (Wildman–Crippen LogP) is 3.37. The Morgan fingerprint density at radius 2 is 2.30 bits per heavy atom. The lowest BCUT2D eigenvalue weighted by atomic mass is 10.1. The largest absolute Gasteiger partial charge is 0.481 e. The van der Waals surface area contributed by atoms with E-state index in [-0.39, 0.29) is 6.42 Å². The van der Waals surface area contributed by atoms with E-state index >= 15 is 0 Å². The van der Waals surface area contributed by atoms with Crippen molar-refractivity contribution >= 4 is 34.6 Å². The van der Waals surface area contributed by atoms with E-state index in [1.165, 1.54) is 0 Å². The molecule has 0 unspecified atom stereocenters. The van der Waals surface area contributed by atoms with Crippen molar-refractivity contribution in [1.82, 2.24) is 4.98 Å². The van der Waals surface area contributed by atoms with Gasteiger partial charge in [-0.25, -0.2) is 4.98 Å². The van der Waals surface area contributed by atoms with Crippen LogP contribution in [0.1, 0.15) is 23.7 Å². The molecule has 0 aliphatic carbocycles. The highest BCUT2D eigenvalue weighted by Gasteiger charge is 2.00. The van der Waals surface area contributed by atoms with Crippen LogP contribution in [0.15, 0.2) is 29.6 Å². The maximum Gasteiger partial charge on any atom is 0.307 e. The molecule has 0 aliphatic rings. The smallest absolute Gasteiger partial charge is 0.307 e. The number of anilines is 1. The van der Waals surface area contributed by atoms with Crippen molar-refractivity contribution in [2.24, 2.45) is 0 Å². The van der Waals surface area contributed by atoms with Crippen LogP contribution in [0.3, 0.4) is 0 Å². The highest BCUT2D eigenvalue weighted by Crippen LogP contribution is 2.17. The maximum absolute atomic E-state index is 10.7. The molecule has 1 aromatic carbocycles. The third kappa shape index (κ3) is 4.20. The van der Waals surface area contributed by atoms with Gasteiger partial charge in [0.15, 0.2) is 5.13 Å². The monoisotopic (exact) mass is 288 g/mol. The van der Waals surface area contributed by atoms with Crippen molar-refractivity contribution in [2.75, 3.05) is 11.9 Å². The minimum Gasteiger partial charge on any atom is -0.481 e. The first-order chi connectivity index (χ1) is 9.67. The Kier molecular flexibility index (Phi) is 4.90. The molecule has 20 heavy (non-hydrogen) atoms. The number of benzene rings is 1. The summed E-state index contributed by atoms with van der Waals surface area (Å²) >= 11 is 1.57. The van der Waals surface area contributed by atoms with Gasteiger partial charge >= 0.3 is 5.97 Å². The van der Waals surface area contributed by atoms with Crippen molar-refractivity contribution < 1.29 is 9.90 Å². The molecule has 4 nitrogen and oxygen atoms in total. The minimum absolute atomic E-state index is 0.0446. The van der Waals surface area contributed by atoms with Gasteiger partial charge in [0.2, 0.25) is 0 Å². The van der Waals surface area contributed by atoms with E-state index in [2.05, 4.69) is 10.3 Å². The molecule has 0 saturated heterocycles. The summed E-state index contributed by atoms with van der Waals surface area (Å²) < 4.78 is 0. The normalized spacial score (nSPS) is 10.8. The molecule has 2 aromatic rings. The number of aromatic nitrogens is 1. The highest BCUT2D eigenvalue weighted by molar-refractivity contribution is 7.13. The maximum atomic E-state index is 10.7. The molecular formula is C15H16N2O2S. The summed E-state index contributed by atoms with van der Waals surface area (Å²) in [5.74, 6) is -0.819. The van der Waals surface area contributed by atoms with Crippen molar-refractivity contribution in [3.63, 3.8) is 0 Å². The second-order valence-electron chi connectivity index (χ2n) is 4.26. The summed E-state index contributed by atoms with van der Waals surface area (Å²) in [6.07, 6.45) is 3.91. The number of hydrogen-bond donors (Lipinski definition) is 2. The Labute approximate surface area is 121 Å². The molecule has 104 valence electrons. The SMILES string of the molecule is CCNc1nc(C=Cc2cccc(CC(=O)O)c2)cs1. The van der Waals surface area contributed by atoms with Crippen LogP contribution in [0.2, 0.25) is 0 Å². The van der Waals surface area contributed by atoms with Crippen LogP contribution in [0.25, 0.3) is 12.2 Å². The fraction of sp³-hybridized carbons (Fsp3) is 0.200. The van der Waals surface area contributed by atoms with Gasteiger partial charge in [-0.05, 0) is 24.1 Å². The Hall–Kier alpha value is -2.14. The topological polar surface area (TPSA) is 62.2 Å². The van der Waals surface area contributed by atoms with Gasteiger partial charge in [-0.3, -0.25) is 4.79 Å². The zero-order valence-corrected chi connectivity index (χ0v) is 12.0. The van der Waals surface area contributed by atoms with Crippen molar-refractivity contribution in [1.29, 1.82) is 0 Å². The molecule has 0 saturated carbocycles. The van der Waals surface area contributed by atoms with Gasteiger partial charge in [0.1, 0.15) is 0 Å². The third-order valence-electron chi connectivity index (χ3n) is 2.60. The van der Waals surface area contributed by atoms with Crippen LogP contribution in [-0.2, 0) is 11.2 Å². The van der Waals surface area contributed by atoms with E-state index in [1.807, 2.05) is 48.7 Å². The molecule has 0 amide bonds. The van der Waals surface area contributed by atoms with Crippen molar-refractivity contribution in [2.45, 2.75) is 13.3 Å². The summed E-state index contributed by atoms with van der Waals surface area (Å²) in [6.45, 7) is 2.89. The van der Waals surface area contributed by atoms with Crippen LogP contribution in [-0.4, -0.2) is 22.6 Å². The Balaban J connectivity index is 2.08. The van der Waals surface area contributed by atoms with Crippen LogP contribution in [0, 0.1) is 0 Å². The van der Waals surface area contributed by atoms with Crippen LogP contribution < -0.4 is 5.32 Å². The Bertz CT molecular complexity index is 620. The van der Waals surface area contributed by atoms with Gasteiger partial charge < -0.3 is 10.4 Å². The fourth-order valence-corrected chi connectivity index (χ4v) is 2.51. The summed E-state index contributed by atoms with van der Waals surface area (Å²) in [6, 6.07) is 7.50. The summed E-state index contributed by atoms with van der Waals surface area (Å²) in [5.41, 5.74) is 2.67. The number of carbonyl (C=O) groups is 1. The van der Waals surface area contributed by atoms with Gasteiger partial charge in [0.05, 0.1) is 12.1 Å². The molecule has 1 aromatic heterocycles. The number of carboxylic acids is 1. The molecule has 0 atom stereocenters. The average Bonchev–Trinajstić information content (AvgIpc) is 2.84. The second kappa shape index (κ2) is 6.86. The lowest BCUT2D eigenvalue weighted by Crippen LogP contribution is -1.99. The molecular weight excluding hydrogens is 272 g/mol. The molecule has 5 heteroatoms. The number of carboxylic acid groups (broad SMARTS) is 1. The molecule has 0 bridgehead atoms. The summed E-state index contributed by atoms with van der Waals surface area (Å²) in [5, 5.41) is 14.8. The van der Waals surface area contributed by atoms with Gasteiger partial charge in [0.25, 0.3) is 0 Å². The third-order valence-corrected chi connectivity index (χ3v) is 3.42. The number of thiazole rings is 1. The van der Waals surface area contributed by atoms with E-state index in [0.717, 1.165) is 28.5 Å². The lowest BCUT2D eigenvalue weighted by Gasteiger charge is -1.98. The van der Waals surface area contributed by atoms with E-state index in [4.69, 9.17) is 5.11 Å². The van der Waals surface area contributed by atoms with Gasteiger partial charge in [-0.15, -0.1) is 11.3 Å². The molecule has 0 aliphatic heterocycles. The van der Waals surface area contributed by atoms with Crippen molar-refractivity contribution in [3.8, 4) is 0 Å². The van der Waals surface area contributed by atoms with Crippen LogP contribution in [0.4, 0.5) is 5.13 Å². The predicted molar refractivity (Wildman–Crippen MR) is 83.0 cm³/mol. The fourth-order valence-electron chi connectivity index (χ4n) is 1.76. The molecule has 2 N–H and O–H groups in total. The Morgan fingerprint density at radius 3 is 3.05 bits per heavy atom. The zero-order valence-electron chi connectivity index (χ0n) is 11.2. The van der Waals surface area contributed by atoms with Crippen molar-refractivity contribution in [3.05, 3.63) is 46.5 Å². The molecule has 0 fully saturated rings. The zero-order chi connectivity index (χ0) is 14.4. The van der Waals surface area contributed by atoms with E-state index < -0.39 is 5.97 Å². The van der Waals surface area contributed by atoms with Gasteiger partial charge in [0, 0.05) is 11.9 Å². The molecule has 1 heterocycles. The quantitative estimate of drug-likeness (QED) is 0.855. The van der Waals surface area contributed by atoms with Gasteiger partial charge in [-0.2, -0.15) is 0 Å². The standard InChI is InChI=1S/C15H16N2O2S/c1-2-16-15-17-13(10-20-15)7-6-11-4-3-5-12(8-11)9-14(18)19/h3-8,10H,2,9H2,1H3,(H,16,17)(H,18,19). The first-order valence-corrected chi connectivity index (χ1v) is 7.23. The first kappa shape index (κ1) is 14.3. The number of rotatable bonds is 6. The number of nitrogens with zero attached hydrogens (tertiary/aromatic N) is 1. The van der Waals surface area contributed by atoms with Crippen LogP contribution in [0.5, 0.6) is 0 Å². The van der Waals surface area contributed by atoms with E-state index in [0.29, 0.717) is 0 Å². The lowest BCUT2D eigenvalue weighted by molar-refractivity contribution is -0.136. The second-order valence-corrected chi connectivity index (χ2v) is 5.11. The van der Waals surface area contributed by atoms with E-state index in [9.17, 15) is 4.79 Å².